The molecule has 0 aliphatic carbocycles. The van der Waals surface area contributed by atoms with Crippen molar-refractivity contribution in [3.05, 3.63) is 71.5 Å². The number of hydrogen-bond acceptors (Lipinski definition) is 4. The third kappa shape index (κ3) is 5.14. The lowest BCUT2D eigenvalue weighted by atomic mass is 10.2. The van der Waals surface area contributed by atoms with Gasteiger partial charge in [-0.05, 0) is 30.7 Å². The molecule has 1 atom stereocenters. The van der Waals surface area contributed by atoms with E-state index in [1.54, 1.807) is 11.8 Å². The van der Waals surface area contributed by atoms with Gasteiger partial charge in [-0.3, -0.25) is 9.69 Å². The molecular weight excluding hydrogens is 347 g/mol. The summed E-state index contributed by atoms with van der Waals surface area (Å²) >= 11 is 0. The lowest BCUT2D eigenvalue weighted by Crippen LogP contribution is -2.51. The van der Waals surface area contributed by atoms with E-state index < -0.39 is 17.9 Å². The Morgan fingerprint density at radius 1 is 1.04 bits per heavy atom. The highest BCUT2D eigenvalue weighted by atomic mass is 19.1. The zero-order valence-corrected chi connectivity index (χ0v) is 15.3. The first kappa shape index (κ1) is 19.0. The van der Waals surface area contributed by atoms with Gasteiger partial charge in [-0.1, -0.05) is 36.4 Å². The molecular formula is C21H23FN2O3. The summed E-state index contributed by atoms with van der Waals surface area (Å²) in [6.07, 6.45) is -0.901. The fraction of sp³-hybridized carbons (Fsp3) is 0.333. The number of carbonyl (C=O) groups is 2. The summed E-state index contributed by atoms with van der Waals surface area (Å²) in [4.78, 5) is 28.6. The topological polar surface area (TPSA) is 49.9 Å². The van der Waals surface area contributed by atoms with Gasteiger partial charge in [0, 0.05) is 32.7 Å². The van der Waals surface area contributed by atoms with E-state index in [0.717, 1.165) is 25.7 Å². The molecule has 1 aliphatic heterocycles. The Bertz CT molecular complexity index is 789. The first-order valence-corrected chi connectivity index (χ1v) is 9.04. The van der Waals surface area contributed by atoms with Crippen molar-refractivity contribution in [1.82, 2.24) is 9.80 Å². The molecule has 3 rings (SSSR count). The van der Waals surface area contributed by atoms with Gasteiger partial charge in [0.1, 0.15) is 5.82 Å². The molecule has 1 unspecified atom stereocenters. The highest BCUT2D eigenvalue weighted by Crippen LogP contribution is 2.12. The van der Waals surface area contributed by atoms with E-state index in [1.807, 2.05) is 18.2 Å². The Labute approximate surface area is 158 Å². The van der Waals surface area contributed by atoms with Crippen LogP contribution in [0.15, 0.2) is 54.6 Å². The summed E-state index contributed by atoms with van der Waals surface area (Å²) in [5, 5.41) is 0. The second-order valence-electron chi connectivity index (χ2n) is 6.64. The average Bonchev–Trinajstić information content (AvgIpc) is 2.69. The van der Waals surface area contributed by atoms with Gasteiger partial charge in [0.2, 0.25) is 0 Å². The highest BCUT2D eigenvalue weighted by molar-refractivity contribution is 5.92. The number of carbonyl (C=O) groups excluding carboxylic acids is 2. The molecule has 0 spiro atoms. The number of halogens is 1. The van der Waals surface area contributed by atoms with Crippen LogP contribution >= 0.6 is 0 Å². The molecule has 0 bridgehead atoms. The lowest BCUT2D eigenvalue weighted by Gasteiger charge is -2.35. The molecule has 1 heterocycles. The molecule has 1 aliphatic rings. The van der Waals surface area contributed by atoms with Crippen molar-refractivity contribution in [2.45, 2.75) is 19.6 Å². The van der Waals surface area contributed by atoms with Crippen molar-refractivity contribution < 1.29 is 18.7 Å². The Morgan fingerprint density at radius 2 is 1.74 bits per heavy atom. The maximum atomic E-state index is 13.2. The quantitative estimate of drug-likeness (QED) is 0.760. The van der Waals surface area contributed by atoms with Crippen LogP contribution in [0.5, 0.6) is 0 Å². The summed E-state index contributed by atoms with van der Waals surface area (Å²) in [5.74, 6) is -1.44. The first-order chi connectivity index (χ1) is 13.0. The number of hydrogen-bond donors (Lipinski definition) is 0. The second kappa shape index (κ2) is 8.77. The number of piperazine rings is 1. The molecule has 6 heteroatoms. The number of ether oxygens (including phenoxy) is 1. The fourth-order valence-corrected chi connectivity index (χ4v) is 3.12. The van der Waals surface area contributed by atoms with Gasteiger partial charge in [0.05, 0.1) is 5.56 Å². The number of esters is 1. The van der Waals surface area contributed by atoms with Crippen LogP contribution in [0.4, 0.5) is 4.39 Å². The average molecular weight is 370 g/mol. The summed E-state index contributed by atoms with van der Waals surface area (Å²) in [6, 6.07) is 15.5. The molecule has 1 amide bonds. The summed E-state index contributed by atoms with van der Waals surface area (Å²) in [5.41, 5.74) is 1.34. The van der Waals surface area contributed by atoms with E-state index in [0.29, 0.717) is 13.1 Å². The van der Waals surface area contributed by atoms with Crippen LogP contribution in [-0.4, -0.2) is 54.0 Å². The van der Waals surface area contributed by atoms with Crippen LogP contribution < -0.4 is 0 Å². The molecule has 0 radical (unpaired) electrons. The van der Waals surface area contributed by atoms with Crippen LogP contribution in [0.1, 0.15) is 22.8 Å². The predicted octanol–water partition coefficient (Wildman–Crippen LogP) is 2.72. The summed E-state index contributed by atoms with van der Waals surface area (Å²) in [7, 11) is 0. The largest absolute Gasteiger partial charge is 0.449 e. The van der Waals surface area contributed by atoms with Gasteiger partial charge in [-0.2, -0.15) is 0 Å². The minimum Gasteiger partial charge on any atom is -0.449 e. The normalized spacial score (nSPS) is 16.0. The smallest absolute Gasteiger partial charge is 0.339 e. The van der Waals surface area contributed by atoms with Gasteiger partial charge in [-0.15, -0.1) is 0 Å². The number of nitrogens with zero attached hydrogens (tertiary/aromatic N) is 2. The Hall–Kier alpha value is -2.73. The van der Waals surface area contributed by atoms with E-state index >= 15 is 0 Å². The molecule has 0 N–H and O–H groups in total. The van der Waals surface area contributed by atoms with Crippen LogP contribution in [-0.2, 0) is 16.1 Å². The van der Waals surface area contributed by atoms with Crippen molar-refractivity contribution in [3.63, 3.8) is 0 Å². The standard InChI is InChI=1S/C21H23FN2O3/c1-16(27-21(26)18-8-5-9-19(22)14-18)20(25)24-12-10-23(11-13-24)15-17-6-3-2-4-7-17/h2-9,14,16H,10-13,15H2,1H3. The van der Waals surface area contributed by atoms with Crippen LogP contribution in [0.3, 0.4) is 0 Å². The molecule has 142 valence electrons. The molecule has 5 nitrogen and oxygen atoms in total. The Kier molecular flexibility index (Phi) is 6.19. The van der Waals surface area contributed by atoms with Gasteiger partial charge in [0.25, 0.3) is 5.91 Å². The van der Waals surface area contributed by atoms with Gasteiger partial charge >= 0.3 is 5.97 Å². The third-order valence-electron chi connectivity index (χ3n) is 4.62. The second-order valence-corrected chi connectivity index (χ2v) is 6.64. The van der Waals surface area contributed by atoms with Crippen LogP contribution in [0, 0.1) is 5.82 Å². The maximum Gasteiger partial charge on any atom is 0.339 e. The summed E-state index contributed by atoms with van der Waals surface area (Å²) in [6.45, 7) is 5.13. The van der Waals surface area contributed by atoms with Crippen molar-refractivity contribution in [1.29, 1.82) is 0 Å². The zero-order chi connectivity index (χ0) is 19.2. The van der Waals surface area contributed by atoms with E-state index in [9.17, 15) is 14.0 Å². The monoisotopic (exact) mass is 370 g/mol. The fourth-order valence-electron chi connectivity index (χ4n) is 3.12. The molecule has 27 heavy (non-hydrogen) atoms. The van der Waals surface area contributed by atoms with Crippen molar-refractivity contribution in [2.75, 3.05) is 26.2 Å². The molecule has 1 saturated heterocycles. The summed E-state index contributed by atoms with van der Waals surface area (Å²) < 4.78 is 18.4. The third-order valence-corrected chi connectivity index (χ3v) is 4.62. The predicted molar refractivity (Wildman–Crippen MR) is 99.6 cm³/mol. The number of amides is 1. The van der Waals surface area contributed by atoms with E-state index in [4.69, 9.17) is 4.74 Å². The van der Waals surface area contributed by atoms with Crippen molar-refractivity contribution in [3.8, 4) is 0 Å². The van der Waals surface area contributed by atoms with E-state index in [-0.39, 0.29) is 11.5 Å². The van der Waals surface area contributed by atoms with E-state index in [1.165, 1.54) is 23.8 Å². The first-order valence-electron chi connectivity index (χ1n) is 9.04. The maximum absolute atomic E-state index is 13.2. The molecule has 1 fully saturated rings. The zero-order valence-electron chi connectivity index (χ0n) is 15.3. The molecule has 0 saturated carbocycles. The Morgan fingerprint density at radius 3 is 2.41 bits per heavy atom. The van der Waals surface area contributed by atoms with Gasteiger partial charge in [0.15, 0.2) is 6.10 Å². The number of benzene rings is 2. The van der Waals surface area contributed by atoms with Crippen LogP contribution in [0.25, 0.3) is 0 Å². The number of rotatable bonds is 5. The van der Waals surface area contributed by atoms with Crippen molar-refractivity contribution >= 4 is 11.9 Å². The minimum absolute atomic E-state index is 0.0994. The van der Waals surface area contributed by atoms with Crippen LogP contribution in [0.2, 0.25) is 0 Å². The molecule has 2 aromatic rings. The molecule has 0 aromatic heterocycles. The van der Waals surface area contributed by atoms with Gasteiger partial charge in [-0.25, -0.2) is 9.18 Å². The minimum atomic E-state index is -0.901. The van der Waals surface area contributed by atoms with Gasteiger partial charge < -0.3 is 9.64 Å². The molecule has 2 aromatic carbocycles. The van der Waals surface area contributed by atoms with E-state index in [2.05, 4.69) is 17.0 Å². The Balaban J connectivity index is 1.49. The lowest BCUT2D eigenvalue weighted by molar-refractivity contribution is -0.141. The highest BCUT2D eigenvalue weighted by Gasteiger charge is 2.27. The SMILES string of the molecule is CC(OC(=O)c1cccc(F)c1)C(=O)N1CCN(Cc2ccccc2)CC1. The van der Waals surface area contributed by atoms with Crippen molar-refractivity contribution in [2.24, 2.45) is 0 Å².